The minimum atomic E-state index is 0.199. The summed E-state index contributed by atoms with van der Waals surface area (Å²) in [5.41, 5.74) is 4.64. The number of nitriles is 1. The highest BCUT2D eigenvalue weighted by Crippen LogP contribution is 2.36. The number of nitrogens with zero attached hydrogens (tertiary/aromatic N) is 2. The van der Waals surface area contributed by atoms with Gasteiger partial charge in [-0.05, 0) is 42.0 Å². The van der Waals surface area contributed by atoms with Crippen LogP contribution < -0.4 is 0 Å². The summed E-state index contributed by atoms with van der Waals surface area (Å²) in [5.74, 6) is 0. The van der Waals surface area contributed by atoms with Gasteiger partial charge < -0.3 is 5.11 Å². The summed E-state index contributed by atoms with van der Waals surface area (Å²) in [7, 11) is 0. The van der Waals surface area contributed by atoms with Crippen LogP contribution in [-0.4, -0.2) is 23.2 Å². The molecule has 0 saturated heterocycles. The van der Waals surface area contributed by atoms with Crippen LogP contribution >= 0.6 is 0 Å². The van der Waals surface area contributed by atoms with E-state index in [9.17, 15) is 10.4 Å². The van der Waals surface area contributed by atoms with Gasteiger partial charge in [0, 0.05) is 25.7 Å². The molecule has 0 amide bonds. The van der Waals surface area contributed by atoms with Gasteiger partial charge in [0.2, 0.25) is 0 Å². The quantitative estimate of drug-likeness (QED) is 0.889. The Bertz CT molecular complexity index is 705. The minimum Gasteiger partial charge on any atom is -0.396 e. The normalized spacial score (nSPS) is 16.3. The summed E-state index contributed by atoms with van der Waals surface area (Å²) < 4.78 is 0. The van der Waals surface area contributed by atoms with E-state index >= 15 is 0 Å². The zero-order valence-electron chi connectivity index (χ0n) is 13.3. The standard InChI is InChI=1S/C20H22N2O/c21-14-17-7-1-2-8-18(17)15-22(12-5-13-23)20-11-10-16-6-3-4-9-19(16)20/h1-4,6-9,20,23H,5,10-13,15H2. The van der Waals surface area contributed by atoms with Crippen LogP contribution in [0.5, 0.6) is 0 Å². The fourth-order valence-corrected chi connectivity index (χ4v) is 3.52. The van der Waals surface area contributed by atoms with Crippen molar-refractivity contribution in [3.63, 3.8) is 0 Å². The Morgan fingerprint density at radius 1 is 1.13 bits per heavy atom. The third kappa shape index (κ3) is 3.44. The third-order valence-corrected chi connectivity index (χ3v) is 4.66. The molecule has 0 spiro atoms. The van der Waals surface area contributed by atoms with Crippen molar-refractivity contribution in [1.29, 1.82) is 5.26 Å². The summed E-state index contributed by atoms with van der Waals surface area (Å²) in [4.78, 5) is 2.41. The highest BCUT2D eigenvalue weighted by Gasteiger charge is 2.27. The second-order valence-electron chi connectivity index (χ2n) is 6.07. The smallest absolute Gasteiger partial charge is 0.0995 e. The van der Waals surface area contributed by atoms with Crippen LogP contribution in [-0.2, 0) is 13.0 Å². The summed E-state index contributed by atoms with van der Waals surface area (Å²) >= 11 is 0. The van der Waals surface area contributed by atoms with Crippen molar-refractivity contribution in [3.8, 4) is 6.07 Å². The number of rotatable bonds is 6. The Kier molecular flexibility index (Phi) is 5.07. The molecule has 3 nitrogen and oxygen atoms in total. The lowest BCUT2D eigenvalue weighted by Gasteiger charge is -2.30. The molecule has 0 heterocycles. The van der Waals surface area contributed by atoms with E-state index in [0.717, 1.165) is 43.5 Å². The van der Waals surface area contributed by atoms with Gasteiger partial charge in [0.15, 0.2) is 0 Å². The van der Waals surface area contributed by atoms with Crippen molar-refractivity contribution < 1.29 is 5.11 Å². The molecule has 2 aromatic carbocycles. The summed E-state index contributed by atoms with van der Waals surface area (Å²) in [6.07, 6.45) is 2.98. The average Bonchev–Trinajstić information content (AvgIpc) is 3.03. The molecule has 23 heavy (non-hydrogen) atoms. The molecule has 3 rings (SSSR count). The number of hydrogen-bond acceptors (Lipinski definition) is 3. The maximum atomic E-state index is 9.32. The lowest BCUT2D eigenvalue weighted by molar-refractivity contribution is 0.165. The molecule has 1 N–H and O–H groups in total. The summed E-state index contributed by atoms with van der Waals surface area (Å²) in [5, 5.41) is 18.6. The lowest BCUT2D eigenvalue weighted by atomic mass is 10.0. The molecule has 0 bridgehead atoms. The second kappa shape index (κ2) is 7.41. The highest BCUT2D eigenvalue weighted by atomic mass is 16.3. The van der Waals surface area contributed by atoms with E-state index in [1.807, 2.05) is 24.3 Å². The van der Waals surface area contributed by atoms with E-state index < -0.39 is 0 Å². The highest BCUT2D eigenvalue weighted by molar-refractivity contribution is 5.38. The van der Waals surface area contributed by atoms with Crippen molar-refractivity contribution in [2.75, 3.05) is 13.2 Å². The zero-order chi connectivity index (χ0) is 16.1. The Labute approximate surface area is 137 Å². The van der Waals surface area contributed by atoms with E-state index in [-0.39, 0.29) is 6.61 Å². The number of aryl methyl sites for hydroxylation is 1. The molecule has 0 aliphatic heterocycles. The van der Waals surface area contributed by atoms with Gasteiger partial charge in [0.25, 0.3) is 0 Å². The molecule has 118 valence electrons. The number of fused-ring (bicyclic) bond motifs is 1. The van der Waals surface area contributed by atoms with Gasteiger partial charge in [-0.25, -0.2) is 0 Å². The minimum absolute atomic E-state index is 0.199. The van der Waals surface area contributed by atoms with Crippen molar-refractivity contribution in [2.45, 2.75) is 31.8 Å². The number of hydrogen-bond donors (Lipinski definition) is 1. The predicted molar refractivity (Wildman–Crippen MR) is 90.8 cm³/mol. The van der Waals surface area contributed by atoms with E-state index in [2.05, 4.69) is 35.2 Å². The van der Waals surface area contributed by atoms with E-state index in [1.54, 1.807) is 0 Å². The SMILES string of the molecule is N#Cc1ccccc1CN(CCCO)C1CCc2ccccc21. The van der Waals surface area contributed by atoms with Crippen molar-refractivity contribution in [2.24, 2.45) is 0 Å². The van der Waals surface area contributed by atoms with Gasteiger partial charge in [0.05, 0.1) is 11.6 Å². The number of benzene rings is 2. The monoisotopic (exact) mass is 306 g/mol. The molecule has 2 aromatic rings. The van der Waals surface area contributed by atoms with Gasteiger partial charge >= 0.3 is 0 Å². The Hall–Kier alpha value is -2.15. The molecule has 1 atom stereocenters. The lowest BCUT2D eigenvalue weighted by Crippen LogP contribution is -2.29. The molecular formula is C20H22N2O. The molecule has 1 aliphatic rings. The molecule has 0 saturated carbocycles. The van der Waals surface area contributed by atoms with Crippen molar-refractivity contribution in [1.82, 2.24) is 4.90 Å². The van der Waals surface area contributed by atoms with Crippen LogP contribution in [0.2, 0.25) is 0 Å². The van der Waals surface area contributed by atoms with Crippen molar-refractivity contribution in [3.05, 3.63) is 70.8 Å². The largest absolute Gasteiger partial charge is 0.396 e. The van der Waals surface area contributed by atoms with Crippen LogP contribution in [0, 0.1) is 11.3 Å². The average molecular weight is 306 g/mol. The molecule has 0 fully saturated rings. The van der Waals surface area contributed by atoms with E-state index in [1.165, 1.54) is 11.1 Å². The Morgan fingerprint density at radius 3 is 2.74 bits per heavy atom. The van der Waals surface area contributed by atoms with Crippen LogP contribution in [0.4, 0.5) is 0 Å². The van der Waals surface area contributed by atoms with Gasteiger partial charge in [-0.1, -0.05) is 42.5 Å². The van der Waals surface area contributed by atoms with E-state index in [0.29, 0.717) is 6.04 Å². The maximum Gasteiger partial charge on any atom is 0.0995 e. The Balaban J connectivity index is 1.86. The van der Waals surface area contributed by atoms with Crippen LogP contribution in [0.15, 0.2) is 48.5 Å². The first-order chi connectivity index (χ1) is 11.3. The fourth-order valence-electron chi connectivity index (χ4n) is 3.52. The van der Waals surface area contributed by atoms with Gasteiger partial charge in [-0.3, -0.25) is 4.90 Å². The zero-order valence-corrected chi connectivity index (χ0v) is 13.3. The Morgan fingerprint density at radius 2 is 1.91 bits per heavy atom. The van der Waals surface area contributed by atoms with Crippen molar-refractivity contribution >= 4 is 0 Å². The summed E-state index contributed by atoms with van der Waals surface area (Å²) in [6, 6.07) is 19.1. The molecule has 1 unspecified atom stereocenters. The van der Waals surface area contributed by atoms with Gasteiger partial charge in [-0.2, -0.15) is 5.26 Å². The van der Waals surface area contributed by atoms with Crippen LogP contribution in [0.1, 0.15) is 41.1 Å². The first-order valence-corrected chi connectivity index (χ1v) is 8.24. The first-order valence-electron chi connectivity index (χ1n) is 8.24. The van der Waals surface area contributed by atoms with E-state index in [4.69, 9.17) is 0 Å². The van der Waals surface area contributed by atoms with Crippen LogP contribution in [0.3, 0.4) is 0 Å². The number of aliphatic hydroxyl groups excluding tert-OH is 1. The maximum absolute atomic E-state index is 9.32. The van der Waals surface area contributed by atoms with Gasteiger partial charge in [0.1, 0.15) is 0 Å². The first kappa shape index (κ1) is 15.7. The molecule has 1 aliphatic carbocycles. The molecule has 0 aromatic heterocycles. The predicted octanol–water partition coefficient (Wildman–Crippen LogP) is 3.43. The third-order valence-electron chi connectivity index (χ3n) is 4.66. The molecule has 0 radical (unpaired) electrons. The second-order valence-corrected chi connectivity index (χ2v) is 6.07. The number of aliphatic hydroxyl groups is 1. The molecular weight excluding hydrogens is 284 g/mol. The fraction of sp³-hybridized carbons (Fsp3) is 0.350. The van der Waals surface area contributed by atoms with Crippen LogP contribution in [0.25, 0.3) is 0 Å². The molecule has 3 heteroatoms. The topological polar surface area (TPSA) is 47.3 Å². The summed E-state index contributed by atoms with van der Waals surface area (Å²) in [6.45, 7) is 1.79. The van der Waals surface area contributed by atoms with Gasteiger partial charge in [-0.15, -0.1) is 0 Å².